The van der Waals surface area contributed by atoms with Crippen molar-refractivity contribution in [1.29, 1.82) is 0 Å². The normalized spacial score (nSPS) is 10.1. The van der Waals surface area contributed by atoms with Crippen molar-refractivity contribution >= 4 is 5.69 Å². The number of benzene rings is 2. The first kappa shape index (κ1) is 13.1. The van der Waals surface area contributed by atoms with E-state index >= 15 is 0 Å². The lowest BCUT2D eigenvalue weighted by atomic mass is 10.1. The Morgan fingerprint density at radius 2 is 1.53 bits per heavy atom. The first-order valence-corrected chi connectivity index (χ1v) is 5.78. The van der Waals surface area contributed by atoms with Crippen LogP contribution in [0.25, 0.3) is 11.1 Å². The van der Waals surface area contributed by atoms with Gasteiger partial charge in [0, 0.05) is 18.8 Å². The van der Waals surface area contributed by atoms with Gasteiger partial charge in [0.05, 0.1) is 5.82 Å². The Hall–Kier alpha value is -2.36. The van der Waals surface area contributed by atoms with E-state index in [4.69, 9.17) is 0 Å². The van der Waals surface area contributed by atoms with Gasteiger partial charge >= 0.3 is 0 Å². The average molecular weight is 260 g/mol. The van der Waals surface area contributed by atoms with Crippen LogP contribution < -0.4 is 10.6 Å². The topological polar surface area (TPSA) is 24.1 Å². The third kappa shape index (κ3) is 3.31. The van der Waals surface area contributed by atoms with Crippen molar-refractivity contribution in [2.24, 2.45) is 0 Å². The van der Waals surface area contributed by atoms with Crippen LogP contribution in [0, 0.1) is 11.6 Å². The molecule has 0 heterocycles. The molecule has 0 aliphatic carbocycles. The smallest absolute Gasteiger partial charge is 0.126 e. The van der Waals surface area contributed by atoms with Crippen LogP contribution in [0.15, 0.2) is 54.9 Å². The highest BCUT2D eigenvalue weighted by Gasteiger charge is 2.03. The third-order valence-corrected chi connectivity index (χ3v) is 2.68. The Bertz CT molecular complexity index is 571. The van der Waals surface area contributed by atoms with E-state index in [0.717, 1.165) is 17.3 Å². The molecular weight excluding hydrogens is 246 g/mol. The molecule has 98 valence electrons. The monoisotopic (exact) mass is 260 g/mol. The first-order chi connectivity index (χ1) is 9.08. The Labute approximate surface area is 110 Å². The standard InChI is InChI=1S/C15H14F2N2/c1-10(18-2)19-15-5-3-11(4-6-15)12-7-13(16)9-14(17)8-12/h3-9,18-19H,1H2,2H3. The van der Waals surface area contributed by atoms with E-state index < -0.39 is 11.6 Å². The fourth-order valence-corrected chi connectivity index (χ4v) is 1.70. The molecule has 2 rings (SSSR count). The van der Waals surface area contributed by atoms with E-state index in [0.29, 0.717) is 11.4 Å². The van der Waals surface area contributed by atoms with Crippen molar-refractivity contribution in [3.05, 3.63) is 66.5 Å². The second kappa shape index (κ2) is 5.52. The maximum absolute atomic E-state index is 13.1. The van der Waals surface area contributed by atoms with Gasteiger partial charge in [-0.05, 0) is 35.4 Å². The molecule has 2 aromatic carbocycles. The van der Waals surface area contributed by atoms with Crippen LogP contribution in [0.1, 0.15) is 0 Å². The molecule has 0 saturated heterocycles. The zero-order valence-electron chi connectivity index (χ0n) is 10.5. The molecule has 19 heavy (non-hydrogen) atoms. The molecule has 0 aliphatic heterocycles. The fraction of sp³-hybridized carbons (Fsp3) is 0.0667. The Morgan fingerprint density at radius 3 is 2.05 bits per heavy atom. The maximum atomic E-state index is 13.1. The van der Waals surface area contributed by atoms with E-state index in [1.807, 2.05) is 12.1 Å². The highest BCUT2D eigenvalue weighted by atomic mass is 19.1. The fourth-order valence-electron chi connectivity index (χ4n) is 1.70. The Kier molecular flexibility index (Phi) is 3.80. The molecule has 2 aromatic rings. The SMILES string of the molecule is C=C(NC)Nc1ccc(-c2cc(F)cc(F)c2)cc1. The second-order valence-corrected chi connectivity index (χ2v) is 4.09. The summed E-state index contributed by atoms with van der Waals surface area (Å²) in [6.45, 7) is 3.75. The summed E-state index contributed by atoms with van der Waals surface area (Å²) in [6.07, 6.45) is 0. The van der Waals surface area contributed by atoms with Gasteiger partial charge in [-0.25, -0.2) is 8.78 Å². The summed E-state index contributed by atoms with van der Waals surface area (Å²) in [5, 5.41) is 5.91. The Morgan fingerprint density at radius 1 is 0.947 bits per heavy atom. The first-order valence-electron chi connectivity index (χ1n) is 5.78. The molecule has 0 atom stereocenters. The third-order valence-electron chi connectivity index (χ3n) is 2.68. The lowest BCUT2D eigenvalue weighted by Gasteiger charge is -2.09. The van der Waals surface area contributed by atoms with E-state index in [1.165, 1.54) is 12.1 Å². The number of hydrogen-bond acceptors (Lipinski definition) is 2. The van der Waals surface area contributed by atoms with Crippen molar-refractivity contribution in [1.82, 2.24) is 5.32 Å². The van der Waals surface area contributed by atoms with Crippen molar-refractivity contribution in [2.75, 3.05) is 12.4 Å². The number of rotatable bonds is 4. The molecule has 0 spiro atoms. The van der Waals surface area contributed by atoms with Gasteiger partial charge in [0.25, 0.3) is 0 Å². The molecule has 0 bridgehead atoms. The van der Waals surface area contributed by atoms with Crippen molar-refractivity contribution in [3.8, 4) is 11.1 Å². The van der Waals surface area contributed by atoms with E-state index in [1.54, 1.807) is 19.2 Å². The highest BCUT2D eigenvalue weighted by molar-refractivity contribution is 5.66. The summed E-state index contributed by atoms with van der Waals surface area (Å²) in [5.41, 5.74) is 2.11. The van der Waals surface area contributed by atoms with Gasteiger partial charge in [0.15, 0.2) is 0 Å². The number of nitrogens with one attached hydrogen (secondary N) is 2. The summed E-state index contributed by atoms with van der Waals surface area (Å²) < 4.78 is 26.3. The highest BCUT2D eigenvalue weighted by Crippen LogP contribution is 2.23. The molecule has 0 aliphatic rings. The summed E-state index contributed by atoms with van der Waals surface area (Å²) in [6, 6.07) is 10.7. The van der Waals surface area contributed by atoms with Gasteiger partial charge in [-0.2, -0.15) is 0 Å². The molecule has 0 saturated carbocycles. The predicted octanol–water partition coefficient (Wildman–Crippen LogP) is 3.73. The van der Waals surface area contributed by atoms with E-state index in [-0.39, 0.29) is 0 Å². The molecule has 4 heteroatoms. The van der Waals surface area contributed by atoms with Crippen LogP contribution in [0.2, 0.25) is 0 Å². The van der Waals surface area contributed by atoms with Crippen LogP contribution in [0.3, 0.4) is 0 Å². The van der Waals surface area contributed by atoms with Crippen LogP contribution >= 0.6 is 0 Å². The summed E-state index contributed by atoms with van der Waals surface area (Å²) in [7, 11) is 1.76. The van der Waals surface area contributed by atoms with Crippen molar-refractivity contribution < 1.29 is 8.78 Å². The molecule has 0 aromatic heterocycles. The number of anilines is 1. The Balaban J connectivity index is 2.24. The van der Waals surface area contributed by atoms with E-state index in [9.17, 15) is 8.78 Å². The summed E-state index contributed by atoms with van der Waals surface area (Å²) >= 11 is 0. The van der Waals surface area contributed by atoms with Gasteiger partial charge in [0.1, 0.15) is 11.6 Å². The quantitative estimate of drug-likeness (QED) is 0.875. The summed E-state index contributed by atoms with van der Waals surface area (Å²) in [5.74, 6) is -0.494. The molecule has 2 N–H and O–H groups in total. The van der Waals surface area contributed by atoms with Crippen LogP contribution in [-0.4, -0.2) is 7.05 Å². The van der Waals surface area contributed by atoms with Crippen LogP contribution in [-0.2, 0) is 0 Å². The van der Waals surface area contributed by atoms with Crippen molar-refractivity contribution in [3.63, 3.8) is 0 Å². The zero-order chi connectivity index (χ0) is 13.8. The molecule has 0 amide bonds. The largest absolute Gasteiger partial charge is 0.375 e. The maximum Gasteiger partial charge on any atom is 0.126 e. The van der Waals surface area contributed by atoms with Gasteiger partial charge < -0.3 is 10.6 Å². The molecule has 2 nitrogen and oxygen atoms in total. The molecular formula is C15H14F2N2. The van der Waals surface area contributed by atoms with Gasteiger partial charge in [-0.15, -0.1) is 0 Å². The molecule has 0 unspecified atom stereocenters. The molecule has 0 fully saturated rings. The lowest BCUT2D eigenvalue weighted by molar-refractivity contribution is 0.584. The van der Waals surface area contributed by atoms with Gasteiger partial charge in [0.2, 0.25) is 0 Å². The minimum Gasteiger partial charge on any atom is -0.375 e. The minimum atomic E-state index is -0.583. The number of hydrogen-bond donors (Lipinski definition) is 2. The van der Waals surface area contributed by atoms with Gasteiger partial charge in [-0.3, -0.25) is 0 Å². The zero-order valence-corrected chi connectivity index (χ0v) is 10.5. The molecule has 0 radical (unpaired) electrons. The van der Waals surface area contributed by atoms with E-state index in [2.05, 4.69) is 17.2 Å². The number of halogens is 2. The second-order valence-electron chi connectivity index (χ2n) is 4.09. The van der Waals surface area contributed by atoms with Crippen LogP contribution in [0.5, 0.6) is 0 Å². The van der Waals surface area contributed by atoms with Gasteiger partial charge in [-0.1, -0.05) is 18.7 Å². The minimum absolute atomic E-state index is 0.511. The average Bonchev–Trinajstić information content (AvgIpc) is 2.38. The van der Waals surface area contributed by atoms with Crippen molar-refractivity contribution in [2.45, 2.75) is 0 Å². The predicted molar refractivity (Wildman–Crippen MR) is 73.6 cm³/mol. The van der Waals surface area contributed by atoms with Crippen LogP contribution in [0.4, 0.5) is 14.5 Å². The summed E-state index contributed by atoms with van der Waals surface area (Å²) in [4.78, 5) is 0. The lowest BCUT2D eigenvalue weighted by Crippen LogP contribution is -2.12.